The summed E-state index contributed by atoms with van der Waals surface area (Å²) in [6.45, 7) is 0. The van der Waals surface area contributed by atoms with Crippen LogP contribution in [0.4, 0.5) is 17.1 Å². The van der Waals surface area contributed by atoms with Gasteiger partial charge in [0, 0.05) is 44.5 Å². The number of para-hydroxylation sites is 3. The number of rotatable bonds is 5. The van der Waals surface area contributed by atoms with Crippen molar-refractivity contribution in [3.8, 4) is 17.1 Å². The summed E-state index contributed by atoms with van der Waals surface area (Å²) < 4.78 is 8.82. The van der Waals surface area contributed by atoms with Crippen LogP contribution in [0.2, 0.25) is 0 Å². The number of oxazole rings is 1. The van der Waals surface area contributed by atoms with E-state index in [1.54, 1.807) is 0 Å². The number of nitrogens with zero attached hydrogens (tertiary/aromatic N) is 3. The monoisotopic (exact) mass is 627 g/mol. The minimum absolute atomic E-state index is 0.615. The highest BCUT2D eigenvalue weighted by Crippen LogP contribution is 2.39. The van der Waals surface area contributed by atoms with Gasteiger partial charge in [-0.25, -0.2) is 4.98 Å². The van der Waals surface area contributed by atoms with Crippen LogP contribution in [0, 0.1) is 0 Å². The van der Waals surface area contributed by atoms with Crippen molar-refractivity contribution < 1.29 is 4.42 Å². The predicted octanol–water partition coefficient (Wildman–Crippen LogP) is 12.4. The summed E-state index contributed by atoms with van der Waals surface area (Å²) in [6, 6.07) is 62.0. The Labute approximate surface area is 282 Å². The normalized spacial score (nSPS) is 11.7. The fourth-order valence-corrected chi connectivity index (χ4v) is 7.33. The molecule has 0 N–H and O–H groups in total. The van der Waals surface area contributed by atoms with Crippen molar-refractivity contribution >= 4 is 71.5 Å². The third-order valence-electron chi connectivity index (χ3n) is 9.61. The van der Waals surface area contributed by atoms with Gasteiger partial charge in [-0.15, -0.1) is 0 Å². The smallest absolute Gasteiger partial charge is 0.227 e. The maximum absolute atomic E-state index is 6.47. The molecule has 10 rings (SSSR count). The van der Waals surface area contributed by atoms with Crippen molar-refractivity contribution in [1.82, 2.24) is 9.55 Å². The Morgan fingerprint density at radius 2 is 1.00 bits per heavy atom. The molecule has 0 saturated heterocycles. The van der Waals surface area contributed by atoms with Crippen LogP contribution in [0.3, 0.4) is 0 Å². The molecule has 0 aliphatic carbocycles. The van der Waals surface area contributed by atoms with Gasteiger partial charge in [0.15, 0.2) is 5.58 Å². The van der Waals surface area contributed by atoms with Crippen LogP contribution in [0.25, 0.3) is 71.6 Å². The molecule has 230 valence electrons. The van der Waals surface area contributed by atoms with Gasteiger partial charge in [0.25, 0.3) is 0 Å². The van der Waals surface area contributed by atoms with E-state index >= 15 is 0 Å². The number of fused-ring (bicyclic) bond motifs is 8. The standard InChI is InChI=1S/C45H29N3O/c1-2-11-32(12-3-1)47(34-23-25-35(26-24-34)48-42-16-8-6-14-38(42)39-15-7-9-17-43(39)48)33-21-18-31(19-22-33)45-46-41-29-28-37-36-13-5-4-10-30(36)20-27-40(37)44(41)49-45/h1-29H. The highest BCUT2D eigenvalue weighted by atomic mass is 16.3. The molecule has 0 spiro atoms. The Kier molecular flexibility index (Phi) is 6.15. The van der Waals surface area contributed by atoms with Crippen LogP contribution in [0.1, 0.15) is 0 Å². The molecular formula is C45H29N3O. The molecule has 0 atom stereocenters. The van der Waals surface area contributed by atoms with Crippen LogP contribution < -0.4 is 4.90 Å². The Morgan fingerprint density at radius 1 is 0.429 bits per heavy atom. The van der Waals surface area contributed by atoms with Gasteiger partial charge < -0.3 is 13.9 Å². The van der Waals surface area contributed by atoms with E-state index in [0.717, 1.165) is 44.8 Å². The summed E-state index contributed by atoms with van der Waals surface area (Å²) in [4.78, 5) is 7.18. The Hall–Kier alpha value is -6.65. The maximum atomic E-state index is 6.47. The van der Waals surface area contributed by atoms with Crippen LogP contribution in [-0.2, 0) is 0 Å². The zero-order chi connectivity index (χ0) is 32.3. The summed E-state index contributed by atoms with van der Waals surface area (Å²) in [5.41, 5.74) is 9.34. The Morgan fingerprint density at radius 3 is 1.71 bits per heavy atom. The van der Waals surface area contributed by atoms with Gasteiger partial charge in [0.1, 0.15) is 5.52 Å². The van der Waals surface area contributed by atoms with Crippen LogP contribution >= 0.6 is 0 Å². The fourth-order valence-electron chi connectivity index (χ4n) is 7.33. The predicted molar refractivity (Wildman–Crippen MR) is 203 cm³/mol. The lowest BCUT2D eigenvalue weighted by molar-refractivity contribution is 0.623. The molecule has 0 radical (unpaired) electrons. The van der Waals surface area contributed by atoms with Gasteiger partial charge in [0.05, 0.1) is 11.0 Å². The van der Waals surface area contributed by atoms with Gasteiger partial charge in [-0.3, -0.25) is 0 Å². The first-order valence-corrected chi connectivity index (χ1v) is 16.6. The molecule has 2 aromatic heterocycles. The lowest BCUT2D eigenvalue weighted by atomic mass is 10.0. The third-order valence-corrected chi connectivity index (χ3v) is 9.61. The van der Waals surface area contributed by atoms with Gasteiger partial charge >= 0.3 is 0 Å². The summed E-state index contributed by atoms with van der Waals surface area (Å²) in [5.74, 6) is 0.615. The molecule has 4 heteroatoms. The molecule has 10 aromatic rings. The molecule has 0 aliphatic rings. The minimum Gasteiger partial charge on any atom is -0.435 e. The molecule has 0 saturated carbocycles. The maximum Gasteiger partial charge on any atom is 0.227 e. The molecule has 0 aliphatic heterocycles. The quantitative estimate of drug-likeness (QED) is 0.178. The zero-order valence-corrected chi connectivity index (χ0v) is 26.5. The lowest BCUT2D eigenvalue weighted by Crippen LogP contribution is -2.10. The van der Waals surface area contributed by atoms with Crippen LogP contribution in [0.5, 0.6) is 0 Å². The molecular weight excluding hydrogens is 599 g/mol. The first kappa shape index (κ1) is 27.5. The van der Waals surface area contributed by atoms with E-state index in [1.807, 2.05) is 0 Å². The molecule has 49 heavy (non-hydrogen) atoms. The van der Waals surface area contributed by atoms with E-state index in [9.17, 15) is 0 Å². The lowest BCUT2D eigenvalue weighted by Gasteiger charge is -2.26. The first-order valence-electron chi connectivity index (χ1n) is 16.6. The van der Waals surface area contributed by atoms with Crippen LogP contribution in [-0.4, -0.2) is 9.55 Å². The van der Waals surface area contributed by atoms with Crippen molar-refractivity contribution in [3.63, 3.8) is 0 Å². The van der Waals surface area contributed by atoms with Crippen molar-refractivity contribution in [2.75, 3.05) is 4.90 Å². The van der Waals surface area contributed by atoms with Crippen molar-refractivity contribution in [3.05, 3.63) is 176 Å². The zero-order valence-electron chi connectivity index (χ0n) is 26.5. The highest BCUT2D eigenvalue weighted by Gasteiger charge is 2.17. The van der Waals surface area contributed by atoms with E-state index in [0.29, 0.717) is 5.89 Å². The van der Waals surface area contributed by atoms with E-state index in [4.69, 9.17) is 9.40 Å². The largest absolute Gasteiger partial charge is 0.435 e. The highest BCUT2D eigenvalue weighted by molar-refractivity contribution is 6.15. The molecule has 0 unspecified atom stereocenters. The average molecular weight is 628 g/mol. The van der Waals surface area contributed by atoms with E-state index in [-0.39, 0.29) is 0 Å². The van der Waals surface area contributed by atoms with Crippen molar-refractivity contribution in [2.24, 2.45) is 0 Å². The summed E-state index contributed by atoms with van der Waals surface area (Å²) in [6.07, 6.45) is 0. The number of hydrogen-bond donors (Lipinski definition) is 0. The second-order valence-corrected chi connectivity index (χ2v) is 12.4. The SMILES string of the molecule is c1ccc(N(c2ccc(-c3nc4ccc5c6ccccc6ccc5c4o3)cc2)c2ccc(-n3c4ccccc4c4ccccc43)cc2)cc1. The molecule has 8 aromatic carbocycles. The molecule has 0 amide bonds. The van der Waals surface area contributed by atoms with Crippen molar-refractivity contribution in [2.45, 2.75) is 0 Å². The summed E-state index contributed by atoms with van der Waals surface area (Å²) >= 11 is 0. The number of hydrogen-bond acceptors (Lipinski definition) is 3. The van der Waals surface area contributed by atoms with E-state index < -0.39 is 0 Å². The van der Waals surface area contributed by atoms with Gasteiger partial charge in [-0.05, 0) is 101 Å². The third kappa shape index (κ3) is 4.42. The Balaban J connectivity index is 1.03. The van der Waals surface area contributed by atoms with E-state index in [1.165, 1.54) is 38.0 Å². The molecule has 0 bridgehead atoms. The second kappa shape index (κ2) is 11.0. The summed E-state index contributed by atoms with van der Waals surface area (Å²) in [5, 5.41) is 7.20. The van der Waals surface area contributed by atoms with Crippen molar-refractivity contribution in [1.29, 1.82) is 0 Å². The van der Waals surface area contributed by atoms with E-state index in [2.05, 4.69) is 185 Å². The first-order chi connectivity index (χ1) is 24.3. The summed E-state index contributed by atoms with van der Waals surface area (Å²) in [7, 11) is 0. The minimum atomic E-state index is 0.615. The van der Waals surface area contributed by atoms with Crippen LogP contribution in [0.15, 0.2) is 180 Å². The number of benzene rings is 8. The van der Waals surface area contributed by atoms with Gasteiger partial charge in [-0.2, -0.15) is 0 Å². The fraction of sp³-hybridized carbons (Fsp3) is 0. The number of anilines is 3. The topological polar surface area (TPSA) is 34.2 Å². The Bertz CT molecular complexity index is 2760. The molecule has 4 nitrogen and oxygen atoms in total. The molecule has 2 heterocycles. The average Bonchev–Trinajstić information content (AvgIpc) is 3.76. The van der Waals surface area contributed by atoms with Gasteiger partial charge in [-0.1, -0.05) is 91.0 Å². The molecule has 0 fully saturated rings. The number of aromatic nitrogens is 2. The van der Waals surface area contributed by atoms with Gasteiger partial charge in [0.2, 0.25) is 5.89 Å². The second-order valence-electron chi connectivity index (χ2n) is 12.4.